The third-order valence-corrected chi connectivity index (χ3v) is 4.35. The molecule has 0 saturated heterocycles. The van der Waals surface area contributed by atoms with E-state index in [1.807, 2.05) is 17.2 Å². The van der Waals surface area contributed by atoms with Crippen molar-refractivity contribution in [3.8, 4) is 0 Å². The number of aromatic nitrogens is 6. The van der Waals surface area contributed by atoms with E-state index in [9.17, 15) is 4.79 Å². The van der Waals surface area contributed by atoms with E-state index in [0.717, 1.165) is 12.2 Å². The molecule has 8 nitrogen and oxygen atoms in total. The van der Waals surface area contributed by atoms with E-state index < -0.39 is 0 Å². The maximum atomic E-state index is 12.2. The average molecular weight is 323 g/mol. The first-order valence-electron chi connectivity index (χ1n) is 7.83. The van der Waals surface area contributed by atoms with Crippen LogP contribution in [-0.2, 0) is 13.0 Å². The van der Waals surface area contributed by atoms with Crippen LogP contribution in [0.4, 0.5) is 5.95 Å². The quantitative estimate of drug-likeness (QED) is 0.790. The summed E-state index contributed by atoms with van der Waals surface area (Å²) in [5, 5.41) is 7.19. The Morgan fingerprint density at radius 2 is 2.08 bits per heavy atom. The summed E-state index contributed by atoms with van der Waals surface area (Å²) in [6.45, 7) is 2.91. The number of carbonyl (C=O) groups excluding carboxylic acids is 1. The molecule has 0 aromatic carbocycles. The number of nitrogens with one attached hydrogen (secondary N) is 1. The van der Waals surface area contributed by atoms with Crippen molar-refractivity contribution in [2.24, 2.45) is 5.92 Å². The maximum absolute atomic E-state index is 12.2. The smallest absolute Gasteiger partial charge is 0.258 e. The molecule has 3 aromatic heterocycles. The molecule has 2 atom stereocenters. The number of nitrogens with zero attached hydrogens (tertiary/aromatic N) is 6. The second-order valence-corrected chi connectivity index (χ2v) is 5.98. The van der Waals surface area contributed by atoms with E-state index >= 15 is 0 Å². The van der Waals surface area contributed by atoms with Gasteiger partial charge in [0.15, 0.2) is 0 Å². The highest BCUT2D eigenvalue weighted by Crippen LogP contribution is 2.28. The number of rotatable bonds is 3. The molecule has 0 aliphatic carbocycles. The van der Waals surface area contributed by atoms with E-state index in [1.165, 1.54) is 0 Å². The van der Waals surface area contributed by atoms with Crippen molar-refractivity contribution in [3.63, 3.8) is 0 Å². The lowest BCUT2D eigenvalue weighted by Crippen LogP contribution is -2.30. The van der Waals surface area contributed by atoms with Crippen LogP contribution in [-0.4, -0.2) is 35.2 Å². The van der Waals surface area contributed by atoms with Crippen LogP contribution in [0.5, 0.6) is 0 Å². The van der Waals surface area contributed by atoms with Gasteiger partial charge in [-0.2, -0.15) is 4.98 Å². The maximum Gasteiger partial charge on any atom is 0.258 e. The van der Waals surface area contributed by atoms with Crippen LogP contribution in [0.2, 0.25) is 0 Å². The van der Waals surface area contributed by atoms with E-state index in [1.54, 1.807) is 30.7 Å². The first kappa shape index (κ1) is 14.6. The fourth-order valence-electron chi connectivity index (χ4n) is 3.04. The van der Waals surface area contributed by atoms with Crippen LogP contribution < -0.4 is 5.32 Å². The molecule has 1 N–H and O–H groups in total. The number of hydrogen-bond donors (Lipinski definition) is 1. The fraction of sp³-hybridized carbons (Fsp3) is 0.312. The highest BCUT2D eigenvalue weighted by molar-refractivity contribution is 6.03. The van der Waals surface area contributed by atoms with Gasteiger partial charge in [-0.15, -0.1) is 5.10 Å². The molecule has 122 valence electrons. The van der Waals surface area contributed by atoms with E-state index in [-0.39, 0.29) is 11.9 Å². The number of anilines is 1. The van der Waals surface area contributed by atoms with E-state index in [4.69, 9.17) is 0 Å². The van der Waals surface area contributed by atoms with Crippen molar-refractivity contribution >= 4 is 11.9 Å². The van der Waals surface area contributed by atoms with Crippen LogP contribution in [0.25, 0.3) is 0 Å². The lowest BCUT2D eigenvalue weighted by molar-refractivity contribution is 0.102. The van der Waals surface area contributed by atoms with Crippen molar-refractivity contribution in [1.82, 2.24) is 29.3 Å². The van der Waals surface area contributed by atoms with Crippen LogP contribution in [0.15, 0.2) is 43.2 Å². The molecule has 1 amide bonds. The molecular weight excluding hydrogens is 306 g/mol. The lowest BCUT2D eigenvalue weighted by atomic mass is 9.95. The number of pyridine rings is 1. The molecule has 0 saturated carbocycles. The summed E-state index contributed by atoms with van der Waals surface area (Å²) in [6.07, 6.45) is 9.55. The highest BCUT2D eigenvalue weighted by Gasteiger charge is 2.29. The molecular formula is C16H17N7O. The predicted molar refractivity (Wildman–Crippen MR) is 86.3 cm³/mol. The van der Waals surface area contributed by atoms with Gasteiger partial charge in [0.1, 0.15) is 5.82 Å². The Kier molecular flexibility index (Phi) is 3.56. The van der Waals surface area contributed by atoms with Crippen molar-refractivity contribution < 1.29 is 4.79 Å². The molecule has 0 spiro atoms. The second-order valence-electron chi connectivity index (χ2n) is 5.98. The summed E-state index contributed by atoms with van der Waals surface area (Å²) >= 11 is 0. The van der Waals surface area contributed by atoms with Crippen LogP contribution in [0, 0.1) is 5.92 Å². The van der Waals surface area contributed by atoms with E-state index in [0.29, 0.717) is 24.0 Å². The standard InChI is InChI=1S/C16H17N7O/c1-11-8-14-19-16(20-15(24)12-2-4-17-5-3-12)21-23(14)9-13(11)22-7-6-18-10-22/h2-7,10-11,13H,8-9H2,1H3,(H,20,21,24). The summed E-state index contributed by atoms with van der Waals surface area (Å²) in [4.78, 5) is 24.7. The molecule has 0 bridgehead atoms. The summed E-state index contributed by atoms with van der Waals surface area (Å²) in [5.74, 6) is 1.41. The number of fused-ring (bicyclic) bond motifs is 1. The third-order valence-electron chi connectivity index (χ3n) is 4.35. The zero-order valence-electron chi connectivity index (χ0n) is 13.2. The summed E-state index contributed by atoms with van der Waals surface area (Å²) < 4.78 is 3.97. The minimum Gasteiger partial charge on any atom is -0.332 e. The van der Waals surface area contributed by atoms with Crippen LogP contribution in [0.1, 0.15) is 29.1 Å². The molecule has 0 radical (unpaired) electrons. The van der Waals surface area contributed by atoms with Gasteiger partial charge < -0.3 is 4.57 Å². The normalized spacial score (nSPS) is 19.7. The Balaban J connectivity index is 1.53. The van der Waals surface area contributed by atoms with Gasteiger partial charge in [0.2, 0.25) is 5.95 Å². The van der Waals surface area contributed by atoms with Gasteiger partial charge in [-0.05, 0) is 18.1 Å². The van der Waals surface area contributed by atoms with E-state index in [2.05, 4.69) is 36.9 Å². The molecule has 2 unspecified atom stereocenters. The van der Waals surface area contributed by atoms with Crippen molar-refractivity contribution in [1.29, 1.82) is 0 Å². The fourth-order valence-corrected chi connectivity index (χ4v) is 3.04. The molecule has 8 heteroatoms. The average Bonchev–Trinajstić information content (AvgIpc) is 3.23. The summed E-state index contributed by atoms with van der Waals surface area (Å²) in [7, 11) is 0. The zero-order valence-corrected chi connectivity index (χ0v) is 13.2. The molecule has 4 heterocycles. The minimum absolute atomic E-state index is 0.237. The van der Waals surface area contributed by atoms with Gasteiger partial charge in [0, 0.05) is 36.8 Å². The lowest BCUT2D eigenvalue weighted by Gasteiger charge is -2.29. The topological polar surface area (TPSA) is 90.5 Å². The second kappa shape index (κ2) is 5.88. The Labute approximate surface area is 138 Å². The summed E-state index contributed by atoms with van der Waals surface area (Å²) in [5.41, 5.74) is 0.530. The van der Waals surface area contributed by atoms with Crippen molar-refractivity contribution in [2.75, 3.05) is 5.32 Å². The molecule has 1 aliphatic heterocycles. The zero-order chi connectivity index (χ0) is 16.5. The first-order valence-corrected chi connectivity index (χ1v) is 7.83. The Morgan fingerprint density at radius 1 is 1.25 bits per heavy atom. The first-order chi connectivity index (χ1) is 11.7. The Hall–Kier alpha value is -3.03. The number of carbonyl (C=O) groups is 1. The van der Waals surface area contributed by atoms with Crippen LogP contribution in [0.3, 0.4) is 0 Å². The molecule has 4 rings (SSSR count). The predicted octanol–water partition coefficient (Wildman–Crippen LogP) is 1.56. The monoisotopic (exact) mass is 323 g/mol. The molecule has 24 heavy (non-hydrogen) atoms. The van der Waals surface area contributed by atoms with Crippen molar-refractivity contribution in [2.45, 2.75) is 25.9 Å². The van der Waals surface area contributed by atoms with Gasteiger partial charge in [-0.3, -0.25) is 15.1 Å². The van der Waals surface area contributed by atoms with Gasteiger partial charge >= 0.3 is 0 Å². The molecule has 3 aromatic rings. The molecule has 0 fully saturated rings. The summed E-state index contributed by atoms with van der Waals surface area (Å²) in [6, 6.07) is 3.59. The minimum atomic E-state index is -0.237. The third kappa shape index (κ3) is 2.66. The van der Waals surface area contributed by atoms with Gasteiger partial charge in [-0.25, -0.2) is 9.67 Å². The van der Waals surface area contributed by atoms with Gasteiger partial charge in [-0.1, -0.05) is 6.92 Å². The number of hydrogen-bond acceptors (Lipinski definition) is 5. The largest absolute Gasteiger partial charge is 0.332 e. The number of amides is 1. The highest BCUT2D eigenvalue weighted by atomic mass is 16.1. The van der Waals surface area contributed by atoms with Crippen LogP contribution >= 0.6 is 0 Å². The van der Waals surface area contributed by atoms with Gasteiger partial charge in [0.05, 0.1) is 18.9 Å². The van der Waals surface area contributed by atoms with Crippen molar-refractivity contribution in [3.05, 3.63) is 54.6 Å². The molecule has 1 aliphatic rings. The Morgan fingerprint density at radius 3 is 2.83 bits per heavy atom. The Bertz CT molecular complexity index is 841. The van der Waals surface area contributed by atoms with Gasteiger partial charge in [0.25, 0.3) is 5.91 Å². The SMILES string of the molecule is CC1Cc2nc(NC(=O)c3ccncc3)nn2CC1n1ccnc1. The number of imidazole rings is 1.